The fraction of sp³-hybridized carbons (Fsp3) is 0.562. The molecule has 0 bridgehead atoms. The van der Waals surface area contributed by atoms with Gasteiger partial charge in [-0.15, -0.1) is 0 Å². The molecule has 0 radical (unpaired) electrons. The zero-order valence-corrected chi connectivity index (χ0v) is 12.4. The molecule has 1 aliphatic rings. The van der Waals surface area contributed by atoms with Gasteiger partial charge >= 0.3 is 5.97 Å². The number of fused-ring (bicyclic) bond motifs is 1. The molecule has 2 aromatic heterocycles. The summed E-state index contributed by atoms with van der Waals surface area (Å²) < 4.78 is 1.96. The summed E-state index contributed by atoms with van der Waals surface area (Å²) >= 11 is 0. The number of aromatic carboxylic acids is 1. The van der Waals surface area contributed by atoms with Crippen molar-refractivity contribution in [2.75, 3.05) is 0 Å². The van der Waals surface area contributed by atoms with Crippen molar-refractivity contribution in [1.82, 2.24) is 14.8 Å². The third-order valence-corrected chi connectivity index (χ3v) is 4.28. The maximum atomic E-state index is 11.5. The Bertz CT molecular complexity index is 657. The highest BCUT2D eigenvalue weighted by Crippen LogP contribution is 2.31. The predicted molar refractivity (Wildman–Crippen MR) is 80.6 cm³/mol. The lowest BCUT2D eigenvalue weighted by molar-refractivity contribution is 0.0699. The molecule has 0 aromatic carbocycles. The van der Waals surface area contributed by atoms with Gasteiger partial charge in [0, 0.05) is 5.69 Å². The van der Waals surface area contributed by atoms with E-state index in [0.29, 0.717) is 17.0 Å². The van der Waals surface area contributed by atoms with Crippen LogP contribution in [0.15, 0.2) is 12.3 Å². The number of rotatable bonds is 4. The van der Waals surface area contributed by atoms with Crippen LogP contribution in [0.3, 0.4) is 0 Å². The van der Waals surface area contributed by atoms with Gasteiger partial charge in [0.05, 0.1) is 23.2 Å². The van der Waals surface area contributed by atoms with Crippen LogP contribution in [0.5, 0.6) is 0 Å². The van der Waals surface area contributed by atoms with Gasteiger partial charge in [0.15, 0.2) is 5.65 Å². The summed E-state index contributed by atoms with van der Waals surface area (Å²) in [5, 5.41) is 14.5. The fourth-order valence-corrected chi connectivity index (χ4v) is 3.22. The molecule has 1 aliphatic carbocycles. The fourth-order valence-electron chi connectivity index (χ4n) is 3.22. The number of carboxylic acids is 1. The summed E-state index contributed by atoms with van der Waals surface area (Å²) in [6.07, 6.45) is 9.35. The Balaban J connectivity index is 2.11. The molecular weight excluding hydrogens is 266 g/mol. The lowest BCUT2D eigenvalue weighted by atomic mass is 9.95. The van der Waals surface area contributed by atoms with E-state index in [1.807, 2.05) is 4.68 Å². The first-order valence-electron chi connectivity index (χ1n) is 7.81. The molecule has 1 fully saturated rings. The van der Waals surface area contributed by atoms with Crippen LogP contribution in [0.1, 0.15) is 67.5 Å². The third kappa shape index (κ3) is 2.64. The van der Waals surface area contributed by atoms with Crippen molar-refractivity contribution in [2.45, 2.75) is 57.9 Å². The predicted octanol–water partition coefficient (Wildman–Crippen LogP) is 3.59. The molecule has 2 heterocycles. The highest BCUT2D eigenvalue weighted by atomic mass is 16.4. The summed E-state index contributed by atoms with van der Waals surface area (Å²) in [5.74, 6) is -0.900. The second-order valence-corrected chi connectivity index (χ2v) is 5.83. The molecule has 0 amide bonds. The van der Waals surface area contributed by atoms with Crippen molar-refractivity contribution in [3.8, 4) is 0 Å². The second kappa shape index (κ2) is 5.84. The number of hydrogen-bond acceptors (Lipinski definition) is 3. The molecule has 5 nitrogen and oxygen atoms in total. The van der Waals surface area contributed by atoms with Crippen LogP contribution in [0.2, 0.25) is 0 Å². The van der Waals surface area contributed by atoms with Gasteiger partial charge in [0.25, 0.3) is 0 Å². The highest BCUT2D eigenvalue weighted by Gasteiger charge is 2.21. The van der Waals surface area contributed by atoms with Crippen LogP contribution in [0, 0.1) is 0 Å². The van der Waals surface area contributed by atoms with E-state index in [2.05, 4.69) is 17.0 Å². The number of aromatic nitrogens is 3. The van der Waals surface area contributed by atoms with E-state index in [1.165, 1.54) is 19.3 Å². The Labute approximate surface area is 124 Å². The van der Waals surface area contributed by atoms with Crippen LogP contribution in [0.25, 0.3) is 11.0 Å². The summed E-state index contributed by atoms with van der Waals surface area (Å²) in [7, 11) is 0. The maximum Gasteiger partial charge on any atom is 0.336 e. The van der Waals surface area contributed by atoms with Crippen LogP contribution in [-0.4, -0.2) is 25.8 Å². The number of pyridine rings is 1. The van der Waals surface area contributed by atoms with Gasteiger partial charge in [-0.2, -0.15) is 5.10 Å². The van der Waals surface area contributed by atoms with Gasteiger partial charge in [0.2, 0.25) is 0 Å². The van der Waals surface area contributed by atoms with E-state index in [9.17, 15) is 9.90 Å². The Kier molecular flexibility index (Phi) is 3.90. The number of aryl methyl sites for hydroxylation is 1. The van der Waals surface area contributed by atoms with Crippen LogP contribution in [-0.2, 0) is 6.42 Å². The first kappa shape index (κ1) is 14.0. The van der Waals surface area contributed by atoms with Crippen molar-refractivity contribution in [3.63, 3.8) is 0 Å². The summed E-state index contributed by atoms with van der Waals surface area (Å²) in [6, 6.07) is 2.06. The standard InChI is InChI=1S/C16H21N3O2/c1-2-6-11-9-13(16(20)21)14-10-17-19(15(14)18-11)12-7-4-3-5-8-12/h9-10,12H,2-8H2,1H3,(H,20,21). The molecular formula is C16H21N3O2. The smallest absolute Gasteiger partial charge is 0.336 e. The van der Waals surface area contributed by atoms with E-state index < -0.39 is 5.97 Å². The molecule has 0 saturated heterocycles. The normalized spacial score (nSPS) is 16.4. The molecule has 1 saturated carbocycles. The van der Waals surface area contributed by atoms with Gasteiger partial charge in [-0.25, -0.2) is 14.5 Å². The molecule has 21 heavy (non-hydrogen) atoms. The molecule has 112 valence electrons. The molecule has 1 N–H and O–H groups in total. The zero-order chi connectivity index (χ0) is 14.8. The van der Waals surface area contributed by atoms with Gasteiger partial charge in [0.1, 0.15) is 0 Å². The monoisotopic (exact) mass is 287 g/mol. The molecule has 0 atom stereocenters. The molecule has 3 rings (SSSR count). The highest BCUT2D eigenvalue weighted by molar-refractivity contribution is 6.01. The van der Waals surface area contributed by atoms with Gasteiger partial charge in [-0.3, -0.25) is 0 Å². The summed E-state index contributed by atoms with van der Waals surface area (Å²) in [5.41, 5.74) is 1.91. The maximum absolute atomic E-state index is 11.5. The van der Waals surface area contributed by atoms with Crippen molar-refractivity contribution < 1.29 is 9.90 Å². The number of nitrogens with zero attached hydrogens (tertiary/aromatic N) is 3. The molecule has 0 spiro atoms. The minimum atomic E-state index is -0.900. The van der Waals surface area contributed by atoms with Crippen molar-refractivity contribution in [3.05, 3.63) is 23.5 Å². The SMILES string of the molecule is CCCc1cc(C(=O)O)c2cnn(C3CCCCC3)c2n1. The minimum Gasteiger partial charge on any atom is -0.478 e. The Morgan fingerprint density at radius 1 is 1.38 bits per heavy atom. The molecule has 5 heteroatoms. The van der Waals surface area contributed by atoms with E-state index in [4.69, 9.17) is 0 Å². The lowest BCUT2D eigenvalue weighted by Gasteiger charge is -2.22. The Hall–Kier alpha value is -1.91. The minimum absolute atomic E-state index is 0.325. The quantitative estimate of drug-likeness (QED) is 0.933. The Morgan fingerprint density at radius 3 is 2.81 bits per heavy atom. The first-order valence-corrected chi connectivity index (χ1v) is 7.81. The van der Waals surface area contributed by atoms with Crippen molar-refractivity contribution >= 4 is 17.0 Å². The van der Waals surface area contributed by atoms with Crippen LogP contribution in [0.4, 0.5) is 0 Å². The topological polar surface area (TPSA) is 68.0 Å². The van der Waals surface area contributed by atoms with Crippen molar-refractivity contribution in [2.24, 2.45) is 0 Å². The zero-order valence-electron chi connectivity index (χ0n) is 12.4. The third-order valence-electron chi connectivity index (χ3n) is 4.28. The average Bonchev–Trinajstić information content (AvgIpc) is 2.91. The summed E-state index contributed by atoms with van der Waals surface area (Å²) in [6.45, 7) is 2.07. The molecule has 0 unspecified atom stereocenters. The molecule has 0 aliphatic heterocycles. The van der Waals surface area contributed by atoms with Crippen LogP contribution >= 0.6 is 0 Å². The van der Waals surface area contributed by atoms with Crippen LogP contribution < -0.4 is 0 Å². The number of hydrogen-bond donors (Lipinski definition) is 1. The van der Waals surface area contributed by atoms with E-state index in [0.717, 1.165) is 37.0 Å². The van der Waals surface area contributed by atoms with E-state index >= 15 is 0 Å². The average molecular weight is 287 g/mol. The van der Waals surface area contributed by atoms with Crippen molar-refractivity contribution in [1.29, 1.82) is 0 Å². The Morgan fingerprint density at radius 2 is 2.14 bits per heavy atom. The van der Waals surface area contributed by atoms with Gasteiger partial charge in [-0.1, -0.05) is 32.6 Å². The van der Waals surface area contributed by atoms with Gasteiger partial charge < -0.3 is 5.11 Å². The largest absolute Gasteiger partial charge is 0.478 e. The summed E-state index contributed by atoms with van der Waals surface area (Å²) in [4.78, 5) is 16.2. The number of carbonyl (C=O) groups is 1. The second-order valence-electron chi connectivity index (χ2n) is 5.83. The van der Waals surface area contributed by atoms with E-state index in [1.54, 1.807) is 12.3 Å². The number of carboxylic acid groups (broad SMARTS) is 1. The van der Waals surface area contributed by atoms with Gasteiger partial charge in [-0.05, 0) is 25.3 Å². The molecule has 2 aromatic rings. The first-order chi connectivity index (χ1) is 10.2. The lowest BCUT2D eigenvalue weighted by Crippen LogP contribution is -2.15. The van der Waals surface area contributed by atoms with E-state index in [-0.39, 0.29) is 0 Å².